The van der Waals surface area contributed by atoms with Crippen molar-refractivity contribution in [1.29, 1.82) is 0 Å². The molecule has 0 radical (unpaired) electrons. The summed E-state index contributed by atoms with van der Waals surface area (Å²) >= 11 is 0. The summed E-state index contributed by atoms with van der Waals surface area (Å²) in [5.74, 6) is 0.0975. The Kier molecular flexibility index (Phi) is 6.87. The fourth-order valence-electron chi connectivity index (χ4n) is 3.10. The van der Waals surface area contributed by atoms with Gasteiger partial charge in [-0.05, 0) is 24.3 Å². The SMILES string of the molecule is COc1cccc(OC)c1CN(C)C(=O)c1cnc(Oc2ccccc2)cc1C(F)(F)F. The zero-order valence-corrected chi connectivity index (χ0v) is 17.6. The number of nitrogens with zero attached hydrogens (tertiary/aromatic N) is 2. The number of amides is 1. The van der Waals surface area contributed by atoms with Crippen LogP contribution in [0.3, 0.4) is 0 Å². The molecule has 0 aliphatic carbocycles. The van der Waals surface area contributed by atoms with E-state index in [0.29, 0.717) is 22.8 Å². The first kappa shape index (κ1) is 22.9. The number of pyridine rings is 1. The lowest BCUT2D eigenvalue weighted by Gasteiger charge is -2.22. The molecule has 1 heterocycles. The molecule has 32 heavy (non-hydrogen) atoms. The van der Waals surface area contributed by atoms with Crippen LogP contribution in [-0.4, -0.2) is 37.1 Å². The van der Waals surface area contributed by atoms with Crippen LogP contribution in [0, 0.1) is 0 Å². The molecule has 0 aliphatic heterocycles. The summed E-state index contributed by atoms with van der Waals surface area (Å²) in [5.41, 5.74) is -1.20. The maximum Gasteiger partial charge on any atom is 0.417 e. The first-order chi connectivity index (χ1) is 15.2. The van der Waals surface area contributed by atoms with Gasteiger partial charge in [0.05, 0.1) is 37.5 Å². The molecule has 0 saturated carbocycles. The van der Waals surface area contributed by atoms with Crippen LogP contribution in [0.1, 0.15) is 21.5 Å². The fourth-order valence-corrected chi connectivity index (χ4v) is 3.10. The van der Waals surface area contributed by atoms with Crippen LogP contribution in [0.2, 0.25) is 0 Å². The van der Waals surface area contributed by atoms with Gasteiger partial charge in [0.15, 0.2) is 0 Å². The molecule has 3 rings (SSSR count). The van der Waals surface area contributed by atoms with Gasteiger partial charge >= 0.3 is 6.18 Å². The Labute approximate surface area is 183 Å². The molecule has 168 valence electrons. The number of hydrogen-bond donors (Lipinski definition) is 0. The highest BCUT2D eigenvalue weighted by Crippen LogP contribution is 2.36. The van der Waals surface area contributed by atoms with E-state index in [1.165, 1.54) is 21.3 Å². The van der Waals surface area contributed by atoms with Crippen molar-refractivity contribution in [3.05, 3.63) is 77.5 Å². The number of benzene rings is 2. The number of halogens is 3. The summed E-state index contributed by atoms with van der Waals surface area (Å²) < 4.78 is 57.3. The Morgan fingerprint density at radius 3 is 2.19 bits per heavy atom. The Morgan fingerprint density at radius 2 is 1.62 bits per heavy atom. The molecule has 9 heteroatoms. The number of carbonyl (C=O) groups is 1. The predicted octanol–water partition coefficient (Wildman–Crippen LogP) is 5.18. The molecular formula is C23H21F3N2O4. The van der Waals surface area contributed by atoms with Gasteiger partial charge in [0.25, 0.3) is 5.91 Å². The lowest BCUT2D eigenvalue weighted by molar-refractivity contribution is -0.138. The zero-order chi connectivity index (χ0) is 23.3. The summed E-state index contributed by atoms with van der Waals surface area (Å²) in [6, 6.07) is 14.1. The third kappa shape index (κ3) is 5.11. The van der Waals surface area contributed by atoms with E-state index in [1.807, 2.05) is 0 Å². The van der Waals surface area contributed by atoms with Crippen molar-refractivity contribution in [2.45, 2.75) is 12.7 Å². The number of aromatic nitrogens is 1. The fraction of sp³-hybridized carbons (Fsp3) is 0.217. The normalized spacial score (nSPS) is 11.1. The summed E-state index contributed by atoms with van der Waals surface area (Å²) in [6.45, 7) is -0.0361. The number of carbonyl (C=O) groups excluding carboxylic acids is 1. The first-order valence-corrected chi connectivity index (χ1v) is 9.50. The van der Waals surface area contributed by atoms with E-state index in [0.717, 1.165) is 17.2 Å². The van der Waals surface area contributed by atoms with Crippen molar-refractivity contribution in [1.82, 2.24) is 9.88 Å². The monoisotopic (exact) mass is 446 g/mol. The lowest BCUT2D eigenvalue weighted by atomic mass is 10.1. The largest absolute Gasteiger partial charge is 0.496 e. The Balaban J connectivity index is 1.92. The second-order valence-corrected chi connectivity index (χ2v) is 6.78. The minimum Gasteiger partial charge on any atom is -0.496 e. The lowest BCUT2D eigenvalue weighted by Crippen LogP contribution is -2.29. The van der Waals surface area contributed by atoms with E-state index in [2.05, 4.69) is 4.98 Å². The third-order valence-corrected chi connectivity index (χ3v) is 4.65. The molecule has 0 spiro atoms. The number of alkyl halides is 3. The molecule has 3 aromatic rings. The maximum atomic E-state index is 13.8. The van der Waals surface area contributed by atoms with Crippen LogP contribution in [0.25, 0.3) is 0 Å². The van der Waals surface area contributed by atoms with E-state index in [1.54, 1.807) is 48.5 Å². The zero-order valence-electron chi connectivity index (χ0n) is 17.6. The van der Waals surface area contributed by atoms with E-state index in [4.69, 9.17) is 14.2 Å². The van der Waals surface area contributed by atoms with Crippen molar-refractivity contribution < 1.29 is 32.2 Å². The van der Waals surface area contributed by atoms with Crippen LogP contribution in [0.4, 0.5) is 13.2 Å². The quantitative estimate of drug-likeness (QED) is 0.500. The molecule has 1 aromatic heterocycles. The van der Waals surface area contributed by atoms with Crippen LogP contribution in [0.15, 0.2) is 60.8 Å². The molecule has 0 saturated heterocycles. The molecule has 0 fully saturated rings. The molecule has 0 aliphatic rings. The average Bonchev–Trinajstić information content (AvgIpc) is 2.78. The van der Waals surface area contributed by atoms with Crippen molar-refractivity contribution in [2.24, 2.45) is 0 Å². The van der Waals surface area contributed by atoms with Crippen molar-refractivity contribution in [2.75, 3.05) is 21.3 Å². The van der Waals surface area contributed by atoms with E-state index >= 15 is 0 Å². The first-order valence-electron chi connectivity index (χ1n) is 9.50. The highest BCUT2D eigenvalue weighted by atomic mass is 19.4. The second-order valence-electron chi connectivity index (χ2n) is 6.78. The molecule has 0 unspecified atom stereocenters. The number of para-hydroxylation sites is 1. The smallest absolute Gasteiger partial charge is 0.417 e. The molecule has 0 N–H and O–H groups in total. The van der Waals surface area contributed by atoms with Crippen molar-refractivity contribution in [3.8, 4) is 23.1 Å². The Hall–Kier alpha value is -3.75. The van der Waals surface area contributed by atoms with E-state index < -0.39 is 23.2 Å². The number of hydrogen-bond acceptors (Lipinski definition) is 5. The van der Waals surface area contributed by atoms with E-state index in [9.17, 15) is 18.0 Å². The number of methoxy groups -OCH3 is 2. The Bertz CT molecular complexity index is 1070. The average molecular weight is 446 g/mol. The second kappa shape index (κ2) is 9.59. The highest BCUT2D eigenvalue weighted by Gasteiger charge is 2.37. The minimum absolute atomic E-state index is 0.0361. The van der Waals surface area contributed by atoms with Gasteiger partial charge in [0.1, 0.15) is 17.2 Å². The van der Waals surface area contributed by atoms with Gasteiger partial charge in [-0.2, -0.15) is 13.2 Å². The topological polar surface area (TPSA) is 60.9 Å². The molecule has 0 atom stereocenters. The summed E-state index contributed by atoms with van der Waals surface area (Å²) in [5, 5.41) is 0. The number of rotatable bonds is 7. The van der Waals surface area contributed by atoms with Crippen molar-refractivity contribution >= 4 is 5.91 Å². The van der Waals surface area contributed by atoms with Gasteiger partial charge in [-0.15, -0.1) is 0 Å². The minimum atomic E-state index is -4.79. The van der Waals surface area contributed by atoms with Gasteiger partial charge in [0.2, 0.25) is 5.88 Å². The standard InChI is InChI=1S/C23H21F3N2O4/c1-28(14-17-19(30-2)10-7-11-20(17)31-3)22(29)16-13-27-21(12-18(16)23(24,25)26)32-15-8-5-4-6-9-15/h4-13H,14H2,1-3H3. The molecule has 2 aromatic carbocycles. The van der Waals surface area contributed by atoms with Crippen LogP contribution >= 0.6 is 0 Å². The summed E-state index contributed by atoms with van der Waals surface area (Å²) in [6.07, 6.45) is -3.91. The van der Waals surface area contributed by atoms with Crippen molar-refractivity contribution in [3.63, 3.8) is 0 Å². The molecule has 0 bridgehead atoms. The van der Waals surface area contributed by atoms with Gasteiger partial charge in [0, 0.05) is 19.3 Å². The number of ether oxygens (including phenoxy) is 3. The van der Waals surface area contributed by atoms with Gasteiger partial charge in [-0.3, -0.25) is 4.79 Å². The third-order valence-electron chi connectivity index (χ3n) is 4.65. The highest BCUT2D eigenvalue weighted by molar-refractivity contribution is 5.95. The summed E-state index contributed by atoms with van der Waals surface area (Å²) in [4.78, 5) is 18.0. The predicted molar refractivity (Wildman–Crippen MR) is 111 cm³/mol. The van der Waals surface area contributed by atoms with Crippen LogP contribution in [0.5, 0.6) is 23.1 Å². The van der Waals surface area contributed by atoms with Gasteiger partial charge in [-0.1, -0.05) is 24.3 Å². The van der Waals surface area contributed by atoms with Crippen LogP contribution < -0.4 is 14.2 Å². The summed E-state index contributed by atoms with van der Waals surface area (Å²) in [7, 11) is 4.30. The Morgan fingerprint density at radius 1 is 1.00 bits per heavy atom. The molecule has 6 nitrogen and oxygen atoms in total. The maximum absolute atomic E-state index is 13.8. The molecular weight excluding hydrogens is 425 g/mol. The molecule has 1 amide bonds. The van der Waals surface area contributed by atoms with Gasteiger partial charge < -0.3 is 19.1 Å². The van der Waals surface area contributed by atoms with E-state index in [-0.39, 0.29) is 12.4 Å². The van der Waals surface area contributed by atoms with Gasteiger partial charge in [-0.25, -0.2) is 4.98 Å². The van der Waals surface area contributed by atoms with Crippen LogP contribution in [-0.2, 0) is 12.7 Å².